The van der Waals surface area contributed by atoms with Gasteiger partial charge in [0.25, 0.3) is 0 Å². The fourth-order valence-electron chi connectivity index (χ4n) is 2.52. The van der Waals surface area contributed by atoms with Gasteiger partial charge in [0, 0.05) is 19.1 Å². The maximum atomic E-state index is 12.1. The lowest BCUT2D eigenvalue weighted by Gasteiger charge is -2.31. The van der Waals surface area contributed by atoms with Crippen LogP contribution in [0.25, 0.3) is 0 Å². The monoisotopic (exact) mass is 313 g/mol. The van der Waals surface area contributed by atoms with E-state index in [1.807, 2.05) is 31.3 Å². The molecule has 0 unspecified atom stereocenters. The number of amides is 1. The third-order valence-corrected chi connectivity index (χ3v) is 3.74. The van der Waals surface area contributed by atoms with Gasteiger partial charge in [-0.2, -0.15) is 0 Å². The van der Waals surface area contributed by atoms with Crippen LogP contribution in [0.3, 0.4) is 0 Å². The van der Waals surface area contributed by atoms with E-state index < -0.39 is 0 Å². The number of carbonyl (C=O) groups is 1. The fraction of sp³-hybridized carbons (Fsp3) is 0.533. The normalized spacial score (nSPS) is 16.1. The summed E-state index contributed by atoms with van der Waals surface area (Å²) in [5.41, 5.74) is 0.727. The highest BCUT2D eigenvalue weighted by Gasteiger charge is 2.19. The molecule has 0 spiro atoms. The summed E-state index contributed by atoms with van der Waals surface area (Å²) in [6.07, 6.45) is 2.19. The molecule has 1 aliphatic rings. The molecule has 0 atom stereocenters. The Morgan fingerprint density at radius 2 is 2.00 bits per heavy atom. The van der Waals surface area contributed by atoms with Crippen LogP contribution in [0.5, 0.6) is 5.75 Å². The third-order valence-electron chi connectivity index (χ3n) is 3.74. The van der Waals surface area contributed by atoms with E-state index in [-0.39, 0.29) is 18.3 Å². The van der Waals surface area contributed by atoms with Gasteiger partial charge in [-0.1, -0.05) is 12.1 Å². The van der Waals surface area contributed by atoms with Crippen molar-refractivity contribution < 1.29 is 9.53 Å². The van der Waals surface area contributed by atoms with Gasteiger partial charge in [0.05, 0.1) is 19.3 Å². The Kier molecular flexibility index (Phi) is 7.50. The highest BCUT2D eigenvalue weighted by Crippen LogP contribution is 2.23. The number of hydrogen-bond acceptors (Lipinski definition) is 4. The van der Waals surface area contributed by atoms with Crippen molar-refractivity contribution in [2.75, 3.05) is 39.1 Å². The number of benzene rings is 1. The van der Waals surface area contributed by atoms with Crippen molar-refractivity contribution in [3.8, 4) is 5.75 Å². The van der Waals surface area contributed by atoms with E-state index in [1.54, 1.807) is 7.11 Å². The van der Waals surface area contributed by atoms with Crippen LogP contribution in [0.1, 0.15) is 12.8 Å². The molecule has 2 N–H and O–H groups in total. The number of rotatable bonds is 5. The molecule has 1 saturated heterocycles. The van der Waals surface area contributed by atoms with Gasteiger partial charge in [0.15, 0.2) is 0 Å². The van der Waals surface area contributed by atoms with Crippen molar-refractivity contribution in [1.29, 1.82) is 0 Å². The second-order valence-corrected chi connectivity index (χ2v) is 5.09. The number of hydrogen-bond donors (Lipinski definition) is 2. The number of carbonyl (C=O) groups excluding carboxylic acids is 1. The molecule has 1 amide bonds. The highest BCUT2D eigenvalue weighted by atomic mass is 35.5. The Morgan fingerprint density at radius 3 is 2.62 bits per heavy atom. The number of likely N-dealkylation sites (tertiary alicyclic amines) is 1. The molecule has 1 aliphatic heterocycles. The van der Waals surface area contributed by atoms with E-state index in [9.17, 15) is 4.79 Å². The van der Waals surface area contributed by atoms with E-state index in [0.29, 0.717) is 18.3 Å². The first-order valence-electron chi connectivity index (χ1n) is 7.05. The number of ether oxygens (including phenoxy) is 1. The lowest BCUT2D eigenvalue weighted by atomic mass is 10.1. The first kappa shape index (κ1) is 17.8. The second kappa shape index (κ2) is 8.87. The van der Waals surface area contributed by atoms with Crippen LogP contribution in [-0.4, -0.2) is 50.6 Å². The lowest BCUT2D eigenvalue weighted by Crippen LogP contribution is -2.44. The number of methoxy groups -OCH3 is 1. The van der Waals surface area contributed by atoms with Crippen LogP contribution < -0.4 is 15.4 Å². The van der Waals surface area contributed by atoms with Gasteiger partial charge in [0.1, 0.15) is 5.75 Å². The summed E-state index contributed by atoms with van der Waals surface area (Å²) in [6.45, 7) is 2.37. The number of piperidine rings is 1. The Balaban J connectivity index is 0.00000220. The summed E-state index contributed by atoms with van der Waals surface area (Å²) < 4.78 is 5.23. The number of nitrogens with one attached hydrogen (secondary N) is 2. The van der Waals surface area contributed by atoms with Gasteiger partial charge in [-0.25, -0.2) is 0 Å². The van der Waals surface area contributed by atoms with Crippen molar-refractivity contribution in [1.82, 2.24) is 10.2 Å². The van der Waals surface area contributed by atoms with Crippen LogP contribution in [0.2, 0.25) is 0 Å². The van der Waals surface area contributed by atoms with E-state index >= 15 is 0 Å². The molecule has 5 nitrogen and oxygen atoms in total. The van der Waals surface area contributed by atoms with Gasteiger partial charge in [0.2, 0.25) is 5.91 Å². The molecular formula is C15H24ClN3O2. The minimum Gasteiger partial charge on any atom is -0.495 e. The highest BCUT2D eigenvalue weighted by molar-refractivity contribution is 5.93. The smallest absolute Gasteiger partial charge is 0.238 e. The Morgan fingerprint density at radius 1 is 1.33 bits per heavy atom. The third kappa shape index (κ3) is 5.19. The predicted octanol–water partition coefficient (Wildman–Crippen LogP) is 1.74. The van der Waals surface area contributed by atoms with E-state index in [1.165, 1.54) is 0 Å². The van der Waals surface area contributed by atoms with Crippen LogP contribution in [0, 0.1) is 0 Å². The molecule has 1 aromatic rings. The largest absolute Gasteiger partial charge is 0.495 e. The molecule has 1 aromatic carbocycles. The molecule has 1 heterocycles. The predicted molar refractivity (Wildman–Crippen MR) is 87.4 cm³/mol. The average Bonchev–Trinajstić information content (AvgIpc) is 2.48. The number of nitrogens with zero attached hydrogens (tertiary/aromatic N) is 1. The minimum absolute atomic E-state index is 0. The van der Waals surface area contributed by atoms with E-state index in [0.717, 1.165) is 31.6 Å². The molecule has 0 aromatic heterocycles. The topological polar surface area (TPSA) is 53.6 Å². The van der Waals surface area contributed by atoms with E-state index in [4.69, 9.17) is 4.74 Å². The van der Waals surface area contributed by atoms with Crippen LogP contribution >= 0.6 is 12.4 Å². The molecule has 21 heavy (non-hydrogen) atoms. The summed E-state index contributed by atoms with van der Waals surface area (Å²) in [6, 6.07) is 8.05. The number of para-hydroxylation sites is 2. The molecular weight excluding hydrogens is 290 g/mol. The zero-order valence-electron chi connectivity index (χ0n) is 12.6. The van der Waals surface area contributed by atoms with Crippen molar-refractivity contribution in [2.24, 2.45) is 0 Å². The zero-order chi connectivity index (χ0) is 14.4. The molecule has 118 valence electrons. The Hall–Kier alpha value is -1.30. The van der Waals surface area contributed by atoms with Crippen molar-refractivity contribution >= 4 is 24.0 Å². The Labute approximate surface area is 132 Å². The van der Waals surface area contributed by atoms with Crippen LogP contribution in [0.4, 0.5) is 5.69 Å². The Bertz CT molecular complexity index is 448. The number of halogens is 1. The molecule has 6 heteroatoms. The molecule has 0 aliphatic carbocycles. The molecule has 0 saturated carbocycles. The second-order valence-electron chi connectivity index (χ2n) is 5.09. The molecule has 2 rings (SSSR count). The average molecular weight is 314 g/mol. The SMILES string of the molecule is CNC1CCN(CC(=O)Nc2ccccc2OC)CC1.Cl. The van der Waals surface area contributed by atoms with Crippen molar-refractivity contribution in [2.45, 2.75) is 18.9 Å². The summed E-state index contributed by atoms with van der Waals surface area (Å²) in [5, 5.41) is 6.20. The maximum Gasteiger partial charge on any atom is 0.238 e. The summed E-state index contributed by atoms with van der Waals surface area (Å²) in [5.74, 6) is 0.701. The number of anilines is 1. The van der Waals surface area contributed by atoms with Gasteiger partial charge in [-0.3, -0.25) is 9.69 Å². The fourth-order valence-corrected chi connectivity index (χ4v) is 2.52. The van der Waals surface area contributed by atoms with Gasteiger partial charge in [-0.15, -0.1) is 12.4 Å². The molecule has 0 radical (unpaired) electrons. The maximum absolute atomic E-state index is 12.1. The summed E-state index contributed by atoms with van der Waals surface area (Å²) >= 11 is 0. The lowest BCUT2D eigenvalue weighted by molar-refractivity contribution is -0.117. The molecule has 1 fully saturated rings. The van der Waals surface area contributed by atoms with Crippen LogP contribution in [-0.2, 0) is 4.79 Å². The summed E-state index contributed by atoms with van der Waals surface area (Å²) in [4.78, 5) is 14.3. The minimum atomic E-state index is 0. The van der Waals surface area contributed by atoms with E-state index in [2.05, 4.69) is 15.5 Å². The van der Waals surface area contributed by atoms with Crippen molar-refractivity contribution in [3.05, 3.63) is 24.3 Å². The van der Waals surface area contributed by atoms with Crippen LogP contribution in [0.15, 0.2) is 24.3 Å². The summed E-state index contributed by atoms with van der Waals surface area (Å²) in [7, 11) is 3.60. The zero-order valence-corrected chi connectivity index (χ0v) is 13.4. The molecule has 0 bridgehead atoms. The van der Waals surface area contributed by atoms with Gasteiger partial charge in [-0.05, 0) is 32.0 Å². The van der Waals surface area contributed by atoms with Gasteiger partial charge < -0.3 is 15.4 Å². The quantitative estimate of drug-likeness (QED) is 0.869. The first-order valence-corrected chi connectivity index (χ1v) is 7.05. The van der Waals surface area contributed by atoms with Crippen molar-refractivity contribution in [3.63, 3.8) is 0 Å². The first-order chi connectivity index (χ1) is 9.72. The van der Waals surface area contributed by atoms with Gasteiger partial charge >= 0.3 is 0 Å². The standard InChI is InChI=1S/C15H23N3O2.ClH/c1-16-12-7-9-18(10-8-12)11-15(19)17-13-5-3-4-6-14(13)20-2;/h3-6,12,16H,7-11H2,1-2H3,(H,17,19);1H.